The molecular formula is C21H26N4O2S. The Kier molecular flexibility index (Phi) is 4.97. The molecule has 1 aromatic carbocycles. The first-order chi connectivity index (χ1) is 13.4. The van der Waals surface area contributed by atoms with E-state index in [1.165, 1.54) is 0 Å². The summed E-state index contributed by atoms with van der Waals surface area (Å²) in [4.78, 5) is 9.49. The van der Waals surface area contributed by atoms with Gasteiger partial charge in [-0.2, -0.15) is 4.31 Å². The third kappa shape index (κ3) is 3.44. The van der Waals surface area contributed by atoms with Crippen LogP contribution in [-0.4, -0.2) is 40.3 Å². The van der Waals surface area contributed by atoms with Crippen molar-refractivity contribution in [2.45, 2.75) is 45.1 Å². The molecule has 148 valence electrons. The van der Waals surface area contributed by atoms with Gasteiger partial charge in [-0.05, 0) is 68.9 Å². The summed E-state index contributed by atoms with van der Waals surface area (Å²) in [6, 6.07) is 9.47. The molecule has 0 N–H and O–H groups in total. The number of pyridine rings is 1. The minimum absolute atomic E-state index is 0.242. The van der Waals surface area contributed by atoms with Gasteiger partial charge in [0.2, 0.25) is 10.0 Å². The van der Waals surface area contributed by atoms with E-state index in [0.29, 0.717) is 18.0 Å². The quantitative estimate of drug-likeness (QED) is 0.675. The number of imidazole rings is 1. The lowest BCUT2D eigenvalue weighted by Crippen LogP contribution is -2.41. The van der Waals surface area contributed by atoms with E-state index >= 15 is 0 Å². The summed E-state index contributed by atoms with van der Waals surface area (Å²) >= 11 is 0. The fourth-order valence-electron chi connectivity index (χ4n) is 4.07. The summed E-state index contributed by atoms with van der Waals surface area (Å²) in [5, 5.41) is 0. The van der Waals surface area contributed by atoms with Crippen LogP contribution < -0.4 is 0 Å². The molecule has 0 saturated carbocycles. The number of benzene rings is 1. The Morgan fingerprint density at radius 3 is 2.82 bits per heavy atom. The summed E-state index contributed by atoms with van der Waals surface area (Å²) < 4.78 is 30.3. The molecule has 0 radical (unpaired) electrons. The highest BCUT2D eigenvalue weighted by atomic mass is 32.2. The zero-order valence-electron chi connectivity index (χ0n) is 16.6. The third-order valence-corrected chi connectivity index (χ3v) is 7.59. The van der Waals surface area contributed by atoms with Gasteiger partial charge in [-0.3, -0.25) is 0 Å². The number of rotatable bonds is 4. The minimum atomic E-state index is -3.49. The summed E-state index contributed by atoms with van der Waals surface area (Å²) in [7, 11) is -3.49. The molecule has 0 amide bonds. The van der Waals surface area contributed by atoms with Crippen molar-refractivity contribution in [3.8, 4) is 0 Å². The van der Waals surface area contributed by atoms with Gasteiger partial charge in [-0.1, -0.05) is 12.1 Å². The molecule has 0 bridgehead atoms. The van der Waals surface area contributed by atoms with Gasteiger partial charge in [-0.25, -0.2) is 18.4 Å². The van der Waals surface area contributed by atoms with E-state index in [-0.39, 0.29) is 5.92 Å². The molecule has 3 aromatic rings. The van der Waals surface area contributed by atoms with Crippen LogP contribution in [0.2, 0.25) is 0 Å². The molecule has 7 heteroatoms. The Hall–Kier alpha value is -2.25. The van der Waals surface area contributed by atoms with Crippen LogP contribution in [0, 0.1) is 26.7 Å². The molecule has 1 fully saturated rings. The topological polar surface area (TPSA) is 68.1 Å². The summed E-state index contributed by atoms with van der Waals surface area (Å²) in [5.41, 5.74) is 3.52. The molecule has 2 aromatic heterocycles. The molecular weight excluding hydrogens is 372 g/mol. The van der Waals surface area contributed by atoms with Crippen molar-refractivity contribution in [3.63, 3.8) is 0 Å². The number of fused-ring (bicyclic) bond motifs is 1. The number of hydrogen-bond acceptors (Lipinski definition) is 4. The van der Waals surface area contributed by atoms with Crippen LogP contribution in [0.5, 0.6) is 0 Å². The number of nitrogens with zero attached hydrogens (tertiary/aromatic N) is 4. The number of piperidine rings is 1. The predicted octanol–water partition coefficient (Wildman–Crippen LogP) is 3.46. The Morgan fingerprint density at radius 2 is 2.00 bits per heavy atom. The molecule has 3 heterocycles. The van der Waals surface area contributed by atoms with Crippen LogP contribution in [0.4, 0.5) is 0 Å². The molecule has 6 nitrogen and oxygen atoms in total. The number of aromatic nitrogens is 3. The second kappa shape index (κ2) is 7.29. The highest BCUT2D eigenvalue weighted by molar-refractivity contribution is 7.89. The van der Waals surface area contributed by atoms with E-state index in [0.717, 1.165) is 47.5 Å². The molecule has 1 unspecified atom stereocenters. The summed E-state index contributed by atoms with van der Waals surface area (Å²) in [6.45, 7) is 7.61. The summed E-state index contributed by atoms with van der Waals surface area (Å²) in [6.07, 6.45) is 3.65. The van der Waals surface area contributed by atoms with Gasteiger partial charge in [0.1, 0.15) is 11.3 Å². The fourth-order valence-corrected chi connectivity index (χ4v) is 5.93. The van der Waals surface area contributed by atoms with Gasteiger partial charge in [0.05, 0.1) is 4.90 Å². The van der Waals surface area contributed by atoms with E-state index in [4.69, 9.17) is 0 Å². The maximum atomic E-state index is 13.3. The monoisotopic (exact) mass is 398 g/mol. The van der Waals surface area contributed by atoms with Gasteiger partial charge in [-0.15, -0.1) is 0 Å². The SMILES string of the molecule is Cc1ccc(C)c(S(=O)(=O)N2CCCC(Cn3c(C)nc4cccnc43)C2)c1. The van der Waals surface area contributed by atoms with Crippen molar-refractivity contribution >= 4 is 21.2 Å². The van der Waals surface area contributed by atoms with E-state index in [1.807, 2.05) is 45.0 Å². The van der Waals surface area contributed by atoms with Crippen LogP contribution in [-0.2, 0) is 16.6 Å². The Morgan fingerprint density at radius 1 is 1.18 bits per heavy atom. The Bertz CT molecular complexity index is 1120. The number of hydrogen-bond donors (Lipinski definition) is 0. The highest BCUT2D eigenvalue weighted by Gasteiger charge is 2.31. The average molecular weight is 399 g/mol. The van der Waals surface area contributed by atoms with E-state index in [2.05, 4.69) is 14.5 Å². The molecule has 0 aliphatic carbocycles. The van der Waals surface area contributed by atoms with E-state index in [9.17, 15) is 8.42 Å². The Balaban J connectivity index is 1.59. The first-order valence-corrected chi connectivity index (χ1v) is 11.2. The smallest absolute Gasteiger partial charge is 0.243 e. The standard InChI is InChI=1S/C21H26N4O2S/c1-15-8-9-16(2)20(12-15)28(26,27)24-11-5-6-18(13-24)14-25-17(3)23-19-7-4-10-22-21(19)25/h4,7-10,12,18H,5-6,11,13-14H2,1-3H3. The number of sulfonamides is 1. The van der Waals surface area contributed by atoms with E-state index < -0.39 is 10.0 Å². The fraction of sp³-hybridized carbons (Fsp3) is 0.429. The second-order valence-corrected chi connectivity index (χ2v) is 9.66. The molecule has 1 aliphatic heterocycles. The molecule has 28 heavy (non-hydrogen) atoms. The largest absolute Gasteiger partial charge is 0.313 e. The predicted molar refractivity (Wildman–Crippen MR) is 110 cm³/mol. The van der Waals surface area contributed by atoms with Gasteiger partial charge >= 0.3 is 0 Å². The molecule has 1 saturated heterocycles. The third-order valence-electron chi connectivity index (χ3n) is 5.58. The van der Waals surface area contributed by atoms with Crippen molar-refractivity contribution in [3.05, 3.63) is 53.5 Å². The molecule has 1 aliphatic rings. The summed E-state index contributed by atoms with van der Waals surface area (Å²) in [5.74, 6) is 1.16. The maximum absolute atomic E-state index is 13.3. The molecule has 4 rings (SSSR count). The zero-order chi connectivity index (χ0) is 19.9. The average Bonchev–Trinajstić information content (AvgIpc) is 2.99. The molecule has 0 spiro atoms. The minimum Gasteiger partial charge on any atom is -0.313 e. The maximum Gasteiger partial charge on any atom is 0.243 e. The lowest BCUT2D eigenvalue weighted by molar-refractivity contribution is 0.245. The van der Waals surface area contributed by atoms with Gasteiger partial charge in [0, 0.05) is 25.8 Å². The lowest BCUT2D eigenvalue weighted by atomic mass is 9.99. The number of aryl methyl sites for hydroxylation is 3. The van der Waals surface area contributed by atoms with Crippen LogP contribution in [0.1, 0.15) is 29.8 Å². The molecule has 1 atom stereocenters. The van der Waals surface area contributed by atoms with Crippen molar-refractivity contribution in [2.24, 2.45) is 5.92 Å². The van der Waals surface area contributed by atoms with Crippen LogP contribution in [0.25, 0.3) is 11.2 Å². The van der Waals surface area contributed by atoms with Gasteiger partial charge in [0.15, 0.2) is 5.65 Å². The van der Waals surface area contributed by atoms with Crippen molar-refractivity contribution in [1.29, 1.82) is 0 Å². The highest BCUT2D eigenvalue weighted by Crippen LogP contribution is 2.28. The van der Waals surface area contributed by atoms with Crippen LogP contribution in [0.3, 0.4) is 0 Å². The van der Waals surface area contributed by atoms with Crippen molar-refractivity contribution in [1.82, 2.24) is 18.8 Å². The zero-order valence-corrected chi connectivity index (χ0v) is 17.4. The normalized spacial score (nSPS) is 18.6. The second-order valence-electron chi connectivity index (χ2n) is 7.76. The van der Waals surface area contributed by atoms with Gasteiger partial charge < -0.3 is 4.57 Å². The van der Waals surface area contributed by atoms with Gasteiger partial charge in [0.25, 0.3) is 0 Å². The van der Waals surface area contributed by atoms with Crippen LogP contribution in [0.15, 0.2) is 41.4 Å². The van der Waals surface area contributed by atoms with Crippen molar-refractivity contribution < 1.29 is 8.42 Å². The first kappa shape index (κ1) is 19.1. The van der Waals surface area contributed by atoms with Crippen molar-refractivity contribution in [2.75, 3.05) is 13.1 Å². The van der Waals surface area contributed by atoms with E-state index in [1.54, 1.807) is 16.6 Å². The van der Waals surface area contributed by atoms with Crippen LogP contribution >= 0.6 is 0 Å². The Labute approximate surface area is 166 Å². The lowest BCUT2D eigenvalue weighted by Gasteiger charge is -2.32. The first-order valence-electron chi connectivity index (χ1n) is 9.71.